The third-order valence-corrected chi connectivity index (χ3v) is 5.94. The van der Waals surface area contributed by atoms with Crippen LogP contribution in [0.5, 0.6) is 0 Å². The summed E-state index contributed by atoms with van der Waals surface area (Å²) in [6, 6.07) is 0. The summed E-state index contributed by atoms with van der Waals surface area (Å²) in [6.45, 7) is 3.94. The van der Waals surface area contributed by atoms with Gasteiger partial charge in [-0.2, -0.15) is 0 Å². The van der Waals surface area contributed by atoms with Crippen molar-refractivity contribution in [1.82, 2.24) is 14.9 Å². The van der Waals surface area contributed by atoms with Crippen molar-refractivity contribution >= 4 is 0 Å². The third-order valence-electron chi connectivity index (χ3n) is 5.94. The van der Waals surface area contributed by atoms with Gasteiger partial charge in [-0.3, -0.25) is 4.90 Å². The molecule has 3 rings (SSSR count). The first-order valence-electron chi connectivity index (χ1n) is 9.58. The number of rotatable bonds is 8. The molecule has 2 heterocycles. The van der Waals surface area contributed by atoms with Crippen LogP contribution in [0.3, 0.4) is 0 Å². The van der Waals surface area contributed by atoms with Crippen molar-refractivity contribution in [3.05, 3.63) is 17.7 Å². The second kappa shape index (κ2) is 8.45. The van der Waals surface area contributed by atoms with Gasteiger partial charge in [-0.25, -0.2) is 4.98 Å². The Labute approximate surface area is 145 Å². The number of aromatic nitrogens is 2. The zero-order chi connectivity index (χ0) is 16.8. The summed E-state index contributed by atoms with van der Waals surface area (Å²) in [4.78, 5) is 10.6. The lowest BCUT2D eigenvalue weighted by Crippen LogP contribution is -2.45. The van der Waals surface area contributed by atoms with Crippen molar-refractivity contribution in [2.45, 2.75) is 57.9 Å². The summed E-state index contributed by atoms with van der Waals surface area (Å²) in [6.07, 6.45) is 11.8. The molecule has 5 nitrogen and oxygen atoms in total. The maximum absolute atomic E-state index is 9.91. The van der Waals surface area contributed by atoms with Crippen molar-refractivity contribution in [2.75, 3.05) is 33.4 Å². The minimum absolute atomic E-state index is 0.000951. The summed E-state index contributed by atoms with van der Waals surface area (Å²) < 4.78 is 5.25. The second-order valence-corrected chi connectivity index (χ2v) is 7.92. The van der Waals surface area contributed by atoms with E-state index >= 15 is 0 Å². The number of likely N-dealkylation sites (tertiary alicyclic amines) is 1. The van der Waals surface area contributed by atoms with Gasteiger partial charge >= 0.3 is 0 Å². The molecule has 0 amide bonds. The number of nitrogens with one attached hydrogen (secondary N) is 1. The Balaban J connectivity index is 1.54. The van der Waals surface area contributed by atoms with Crippen LogP contribution in [0.4, 0.5) is 0 Å². The molecule has 2 N–H and O–H groups in total. The van der Waals surface area contributed by atoms with E-state index in [1.54, 1.807) is 7.11 Å². The normalized spacial score (nSPS) is 26.2. The molecule has 1 aliphatic carbocycles. The number of hydrogen-bond donors (Lipinski definition) is 2. The van der Waals surface area contributed by atoms with Gasteiger partial charge in [0.15, 0.2) is 0 Å². The predicted octanol–water partition coefficient (Wildman–Crippen LogP) is 2.75. The number of nitrogens with zero attached hydrogens (tertiary/aromatic N) is 2. The topological polar surface area (TPSA) is 61.4 Å². The van der Waals surface area contributed by atoms with Crippen LogP contribution in [0.2, 0.25) is 0 Å². The Morgan fingerprint density at radius 2 is 2.21 bits per heavy atom. The van der Waals surface area contributed by atoms with E-state index in [1.165, 1.54) is 31.4 Å². The van der Waals surface area contributed by atoms with Crippen molar-refractivity contribution in [3.8, 4) is 0 Å². The molecule has 5 heteroatoms. The smallest absolute Gasteiger partial charge is 0.106 e. The second-order valence-electron chi connectivity index (χ2n) is 7.92. The van der Waals surface area contributed by atoms with Crippen LogP contribution in [0.25, 0.3) is 0 Å². The molecule has 0 bridgehead atoms. The molecule has 2 fully saturated rings. The van der Waals surface area contributed by atoms with Crippen LogP contribution >= 0.6 is 0 Å². The summed E-state index contributed by atoms with van der Waals surface area (Å²) in [7, 11) is 1.74. The summed E-state index contributed by atoms with van der Waals surface area (Å²) in [5, 5.41) is 9.91. The van der Waals surface area contributed by atoms with E-state index in [2.05, 4.69) is 14.9 Å². The molecule has 1 aromatic heterocycles. The number of aliphatic hydroxyl groups is 1. The fraction of sp³-hybridized carbons (Fsp3) is 0.842. The third kappa shape index (κ3) is 4.58. The average molecular weight is 335 g/mol. The summed E-state index contributed by atoms with van der Waals surface area (Å²) >= 11 is 0. The predicted molar refractivity (Wildman–Crippen MR) is 94.8 cm³/mol. The van der Waals surface area contributed by atoms with Gasteiger partial charge in [-0.05, 0) is 31.7 Å². The lowest BCUT2D eigenvalue weighted by Gasteiger charge is -2.41. The average Bonchev–Trinajstić information content (AvgIpc) is 3.26. The van der Waals surface area contributed by atoms with Crippen molar-refractivity contribution < 1.29 is 9.84 Å². The highest BCUT2D eigenvalue weighted by atomic mass is 16.5. The first-order valence-corrected chi connectivity index (χ1v) is 9.58. The zero-order valence-corrected chi connectivity index (χ0v) is 15.1. The molecule has 0 aromatic carbocycles. The van der Waals surface area contributed by atoms with Gasteiger partial charge in [-0.15, -0.1) is 0 Å². The van der Waals surface area contributed by atoms with Crippen LogP contribution in [-0.4, -0.2) is 53.4 Å². The first-order chi connectivity index (χ1) is 11.7. The number of hydrogen-bond acceptors (Lipinski definition) is 4. The fourth-order valence-electron chi connectivity index (χ4n) is 4.49. The quantitative estimate of drug-likeness (QED) is 0.767. The van der Waals surface area contributed by atoms with Crippen LogP contribution < -0.4 is 0 Å². The lowest BCUT2D eigenvalue weighted by molar-refractivity contribution is 0.00440. The van der Waals surface area contributed by atoms with Crippen molar-refractivity contribution in [2.24, 2.45) is 11.3 Å². The molecule has 136 valence electrons. The van der Waals surface area contributed by atoms with E-state index in [1.807, 2.05) is 6.20 Å². The molecule has 1 aromatic rings. The van der Waals surface area contributed by atoms with Crippen LogP contribution in [0, 0.1) is 11.3 Å². The minimum atomic E-state index is 0.000951. The van der Waals surface area contributed by atoms with Crippen molar-refractivity contribution in [3.63, 3.8) is 0 Å². The maximum atomic E-state index is 9.91. The number of imidazole rings is 1. The van der Waals surface area contributed by atoms with Crippen LogP contribution in [-0.2, 0) is 17.7 Å². The highest BCUT2D eigenvalue weighted by Gasteiger charge is 2.34. The largest absolute Gasteiger partial charge is 0.396 e. The maximum Gasteiger partial charge on any atom is 0.106 e. The molecule has 0 spiro atoms. The molecule has 24 heavy (non-hydrogen) atoms. The van der Waals surface area contributed by atoms with E-state index in [0.29, 0.717) is 0 Å². The van der Waals surface area contributed by atoms with E-state index in [4.69, 9.17) is 4.74 Å². The molecule has 1 aliphatic heterocycles. The molecule has 2 aliphatic rings. The monoisotopic (exact) mass is 335 g/mol. The number of methoxy groups -OCH3 is 1. The number of aliphatic hydroxyl groups excluding tert-OH is 1. The Bertz CT molecular complexity index is 499. The first kappa shape index (κ1) is 17.9. The molecule has 0 unspecified atom stereocenters. The zero-order valence-electron chi connectivity index (χ0n) is 15.1. The number of H-pyrrole nitrogens is 1. The molecule has 0 radical (unpaired) electrons. The van der Waals surface area contributed by atoms with Gasteiger partial charge in [-0.1, -0.05) is 25.7 Å². The van der Waals surface area contributed by atoms with Gasteiger partial charge in [0.1, 0.15) is 5.82 Å². The molecule has 1 atom stereocenters. The SMILES string of the molecule is COCC[C@]1(CO)CCCN(Cc2cnc(CC3CCCC3)[nH]2)C1. The Morgan fingerprint density at radius 1 is 1.38 bits per heavy atom. The van der Waals surface area contributed by atoms with Crippen LogP contribution in [0.15, 0.2) is 6.20 Å². The lowest BCUT2D eigenvalue weighted by atomic mass is 9.78. The van der Waals surface area contributed by atoms with Gasteiger partial charge in [0.2, 0.25) is 0 Å². The van der Waals surface area contributed by atoms with Gasteiger partial charge in [0.05, 0.1) is 6.61 Å². The molecular formula is C19H33N3O2. The van der Waals surface area contributed by atoms with Gasteiger partial charge in [0.25, 0.3) is 0 Å². The Hall–Kier alpha value is -0.910. The standard InChI is InChI=1S/C19H33N3O2/c1-24-10-8-19(15-23)7-4-9-22(14-19)13-17-12-20-18(21-17)11-16-5-2-3-6-16/h12,16,23H,2-11,13-15H2,1H3,(H,20,21)/t19-/m1/s1. The number of aromatic amines is 1. The van der Waals surface area contributed by atoms with Crippen molar-refractivity contribution in [1.29, 1.82) is 0 Å². The fourth-order valence-corrected chi connectivity index (χ4v) is 4.49. The molecule has 1 saturated heterocycles. The summed E-state index contributed by atoms with van der Waals surface area (Å²) in [5.74, 6) is 1.98. The van der Waals surface area contributed by atoms with Gasteiger partial charge < -0.3 is 14.8 Å². The number of ether oxygens (including phenoxy) is 1. The number of piperidine rings is 1. The Kier molecular flexibility index (Phi) is 6.31. The highest BCUT2D eigenvalue weighted by Crippen LogP contribution is 2.33. The molecular weight excluding hydrogens is 302 g/mol. The summed E-state index contributed by atoms with van der Waals surface area (Å²) in [5.41, 5.74) is 1.21. The Morgan fingerprint density at radius 3 is 2.96 bits per heavy atom. The van der Waals surface area contributed by atoms with Gasteiger partial charge in [0, 0.05) is 50.5 Å². The van der Waals surface area contributed by atoms with E-state index in [0.717, 1.165) is 63.7 Å². The van der Waals surface area contributed by atoms with Crippen LogP contribution in [0.1, 0.15) is 56.5 Å². The molecule has 1 saturated carbocycles. The van der Waals surface area contributed by atoms with E-state index in [9.17, 15) is 5.11 Å². The van der Waals surface area contributed by atoms with E-state index in [-0.39, 0.29) is 12.0 Å². The van der Waals surface area contributed by atoms with E-state index < -0.39 is 0 Å². The minimum Gasteiger partial charge on any atom is -0.396 e. The highest BCUT2D eigenvalue weighted by molar-refractivity contribution is 5.03.